The van der Waals surface area contributed by atoms with Crippen LogP contribution in [0.25, 0.3) is 11.0 Å². The first-order chi connectivity index (χ1) is 7.15. The molecule has 0 atom stereocenters. The summed E-state index contributed by atoms with van der Waals surface area (Å²) in [5.41, 5.74) is 2.69. The van der Waals surface area contributed by atoms with E-state index in [1.807, 2.05) is 6.92 Å². The summed E-state index contributed by atoms with van der Waals surface area (Å²) in [7, 11) is 0. The summed E-state index contributed by atoms with van der Waals surface area (Å²) in [5.74, 6) is 3.63. The highest BCUT2D eigenvalue weighted by molar-refractivity contribution is 5.81. The fourth-order valence-corrected chi connectivity index (χ4v) is 1.91. The zero-order valence-electron chi connectivity index (χ0n) is 9.15. The number of rotatable bonds is 1. The second-order valence-electron chi connectivity index (χ2n) is 3.82. The predicted octanol–water partition coefficient (Wildman–Crippen LogP) is 2.30. The molecular formula is C12H13N3. The molecule has 15 heavy (non-hydrogen) atoms. The van der Waals surface area contributed by atoms with Gasteiger partial charge in [-0.15, -0.1) is 6.42 Å². The van der Waals surface area contributed by atoms with Gasteiger partial charge in [-0.05, 0) is 20.8 Å². The summed E-state index contributed by atoms with van der Waals surface area (Å²) in [6, 6.07) is 0.351. The minimum absolute atomic E-state index is 0.351. The maximum atomic E-state index is 5.46. The number of hydrogen-bond acceptors (Lipinski definition) is 2. The van der Waals surface area contributed by atoms with Gasteiger partial charge < -0.3 is 4.57 Å². The zero-order chi connectivity index (χ0) is 11.0. The van der Waals surface area contributed by atoms with E-state index in [-0.39, 0.29) is 0 Å². The molecule has 2 aromatic rings. The van der Waals surface area contributed by atoms with Crippen molar-refractivity contribution < 1.29 is 0 Å². The molecule has 3 heteroatoms. The number of nitrogens with zero attached hydrogens (tertiary/aromatic N) is 3. The van der Waals surface area contributed by atoms with Crippen molar-refractivity contribution in [3.63, 3.8) is 0 Å². The van der Waals surface area contributed by atoms with E-state index in [1.54, 1.807) is 12.4 Å². The average molecular weight is 199 g/mol. The van der Waals surface area contributed by atoms with Crippen LogP contribution in [0.5, 0.6) is 0 Å². The summed E-state index contributed by atoms with van der Waals surface area (Å²) in [6.45, 7) is 6.23. The summed E-state index contributed by atoms with van der Waals surface area (Å²) in [6.07, 6.45) is 8.93. The zero-order valence-corrected chi connectivity index (χ0v) is 9.15. The molecule has 0 aliphatic rings. The van der Waals surface area contributed by atoms with Gasteiger partial charge in [0.1, 0.15) is 11.3 Å². The Morgan fingerprint density at radius 1 is 1.40 bits per heavy atom. The van der Waals surface area contributed by atoms with Gasteiger partial charge in [-0.25, -0.2) is 4.98 Å². The Morgan fingerprint density at radius 3 is 2.73 bits per heavy atom. The van der Waals surface area contributed by atoms with E-state index in [1.165, 1.54) is 0 Å². The quantitative estimate of drug-likeness (QED) is 0.660. The Hall–Kier alpha value is -1.82. The van der Waals surface area contributed by atoms with Crippen LogP contribution in [-0.4, -0.2) is 14.5 Å². The highest BCUT2D eigenvalue weighted by atomic mass is 15.1. The molecule has 2 heterocycles. The lowest BCUT2D eigenvalue weighted by atomic mass is 10.2. The van der Waals surface area contributed by atoms with Crippen molar-refractivity contribution in [2.75, 3.05) is 0 Å². The molecule has 0 amide bonds. The minimum atomic E-state index is 0.351. The molecular weight excluding hydrogens is 186 g/mol. The molecule has 2 aromatic heterocycles. The molecule has 0 unspecified atom stereocenters. The summed E-state index contributed by atoms with van der Waals surface area (Å²) >= 11 is 0. The third-order valence-corrected chi connectivity index (χ3v) is 2.44. The van der Waals surface area contributed by atoms with E-state index in [2.05, 4.69) is 34.3 Å². The standard InChI is InChI=1S/C12H13N3/c1-5-10-6-13-7-11-12(10)15(8(2)3)9(4)14-11/h1,6-8H,2-4H3. The van der Waals surface area contributed by atoms with Crippen LogP contribution in [-0.2, 0) is 0 Å². The van der Waals surface area contributed by atoms with Crippen LogP contribution in [0.3, 0.4) is 0 Å². The van der Waals surface area contributed by atoms with Crippen molar-refractivity contribution in [3.05, 3.63) is 23.8 Å². The number of pyridine rings is 1. The first-order valence-corrected chi connectivity index (χ1v) is 4.94. The molecule has 0 aromatic carbocycles. The summed E-state index contributed by atoms with van der Waals surface area (Å²) < 4.78 is 2.15. The van der Waals surface area contributed by atoms with Crippen molar-refractivity contribution >= 4 is 11.0 Å². The van der Waals surface area contributed by atoms with Crippen molar-refractivity contribution in [2.24, 2.45) is 0 Å². The maximum absolute atomic E-state index is 5.46. The molecule has 0 spiro atoms. The second kappa shape index (κ2) is 3.39. The molecule has 0 radical (unpaired) electrons. The topological polar surface area (TPSA) is 30.7 Å². The van der Waals surface area contributed by atoms with E-state index < -0.39 is 0 Å². The molecule has 0 N–H and O–H groups in total. The van der Waals surface area contributed by atoms with Crippen LogP contribution in [0.1, 0.15) is 31.3 Å². The van der Waals surface area contributed by atoms with Gasteiger partial charge in [-0.2, -0.15) is 0 Å². The first kappa shape index (κ1) is 9.72. The largest absolute Gasteiger partial charge is 0.325 e. The molecule has 0 fully saturated rings. The Morgan fingerprint density at radius 2 is 2.13 bits per heavy atom. The van der Waals surface area contributed by atoms with Crippen molar-refractivity contribution in [1.29, 1.82) is 0 Å². The minimum Gasteiger partial charge on any atom is -0.325 e. The lowest BCUT2D eigenvalue weighted by Crippen LogP contribution is -2.03. The molecule has 2 rings (SSSR count). The average Bonchev–Trinajstić information content (AvgIpc) is 2.53. The Balaban J connectivity index is 2.90. The van der Waals surface area contributed by atoms with E-state index >= 15 is 0 Å². The molecule has 0 saturated carbocycles. The van der Waals surface area contributed by atoms with Crippen LogP contribution in [0.15, 0.2) is 12.4 Å². The fraction of sp³-hybridized carbons (Fsp3) is 0.333. The van der Waals surface area contributed by atoms with Gasteiger partial charge in [0.15, 0.2) is 0 Å². The maximum Gasteiger partial charge on any atom is 0.108 e. The Bertz CT molecular complexity index is 544. The smallest absolute Gasteiger partial charge is 0.108 e. The third-order valence-electron chi connectivity index (χ3n) is 2.44. The van der Waals surface area contributed by atoms with Crippen LogP contribution < -0.4 is 0 Å². The SMILES string of the molecule is C#Cc1cncc2nc(C)n(C(C)C)c12. The molecule has 76 valence electrons. The van der Waals surface area contributed by atoms with Crippen molar-refractivity contribution in [3.8, 4) is 12.3 Å². The number of hydrogen-bond donors (Lipinski definition) is 0. The fourth-order valence-electron chi connectivity index (χ4n) is 1.91. The lowest BCUT2D eigenvalue weighted by Gasteiger charge is -2.11. The normalized spacial score (nSPS) is 10.9. The van der Waals surface area contributed by atoms with E-state index in [9.17, 15) is 0 Å². The molecule has 3 nitrogen and oxygen atoms in total. The van der Waals surface area contributed by atoms with Crippen LogP contribution in [0, 0.1) is 19.3 Å². The Labute approximate surface area is 89.2 Å². The predicted molar refractivity (Wildman–Crippen MR) is 60.6 cm³/mol. The molecule has 0 saturated heterocycles. The third kappa shape index (κ3) is 1.39. The van der Waals surface area contributed by atoms with Gasteiger partial charge in [-0.3, -0.25) is 4.98 Å². The van der Waals surface area contributed by atoms with Gasteiger partial charge in [0.05, 0.1) is 17.3 Å². The highest BCUT2D eigenvalue weighted by Crippen LogP contribution is 2.22. The Kier molecular flexibility index (Phi) is 2.20. The van der Waals surface area contributed by atoms with Gasteiger partial charge in [0.25, 0.3) is 0 Å². The van der Waals surface area contributed by atoms with Crippen molar-refractivity contribution in [2.45, 2.75) is 26.8 Å². The number of fused-ring (bicyclic) bond motifs is 1. The highest BCUT2D eigenvalue weighted by Gasteiger charge is 2.12. The van der Waals surface area contributed by atoms with Crippen LogP contribution in [0.4, 0.5) is 0 Å². The molecule has 0 aliphatic carbocycles. The second-order valence-corrected chi connectivity index (χ2v) is 3.82. The summed E-state index contributed by atoms with van der Waals surface area (Å²) in [4.78, 5) is 8.53. The van der Waals surface area contributed by atoms with Crippen LogP contribution in [0.2, 0.25) is 0 Å². The monoisotopic (exact) mass is 199 g/mol. The first-order valence-electron chi connectivity index (χ1n) is 4.94. The lowest BCUT2D eigenvalue weighted by molar-refractivity contribution is 0.599. The number of aromatic nitrogens is 3. The molecule has 0 bridgehead atoms. The van der Waals surface area contributed by atoms with Gasteiger partial charge in [0, 0.05) is 12.2 Å². The van der Waals surface area contributed by atoms with Gasteiger partial charge >= 0.3 is 0 Å². The van der Waals surface area contributed by atoms with Gasteiger partial charge in [-0.1, -0.05) is 5.92 Å². The molecule has 0 aliphatic heterocycles. The van der Waals surface area contributed by atoms with E-state index in [0.29, 0.717) is 6.04 Å². The van der Waals surface area contributed by atoms with Crippen molar-refractivity contribution in [1.82, 2.24) is 14.5 Å². The van der Waals surface area contributed by atoms with E-state index in [4.69, 9.17) is 6.42 Å². The number of aryl methyl sites for hydroxylation is 1. The van der Waals surface area contributed by atoms with Crippen LogP contribution >= 0.6 is 0 Å². The summed E-state index contributed by atoms with van der Waals surface area (Å²) in [5, 5.41) is 0. The van der Waals surface area contributed by atoms with Gasteiger partial charge in [0.2, 0.25) is 0 Å². The van der Waals surface area contributed by atoms with E-state index in [0.717, 1.165) is 22.4 Å². The number of terminal acetylenes is 1. The number of imidazole rings is 1.